The molecule has 0 radical (unpaired) electrons. The fourth-order valence-corrected chi connectivity index (χ4v) is 4.00. The quantitative estimate of drug-likeness (QED) is 0.832. The van der Waals surface area contributed by atoms with Crippen LogP contribution >= 0.6 is 0 Å². The van der Waals surface area contributed by atoms with E-state index < -0.39 is 0 Å². The zero-order valence-electron chi connectivity index (χ0n) is 16.3. The summed E-state index contributed by atoms with van der Waals surface area (Å²) in [5.74, 6) is 0.519. The van der Waals surface area contributed by atoms with Crippen molar-refractivity contribution in [1.29, 1.82) is 0 Å². The van der Waals surface area contributed by atoms with Crippen molar-refractivity contribution in [2.75, 3.05) is 18.0 Å². The molecule has 1 N–H and O–H groups in total. The van der Waals surface area contributed by atoms with E-state index in [9.17, 15) is 9.90 Å². The monoisotopic (exact) mass is 366 g/mol. The minimum atomic E-state index is 0.205. The largest absolute Gasteiger partial charge is 0.508 e. The number of phenols is 1. The van der Waals surface area contributed by atoms with Gasteiger partial charge in [0.15, 0.2) is 0 Å². The number of likely N-dealkylation sites (tertiary alicyclic amines) is 1. The average molecular weight is 367 g/mol. The maximum absolute atomic E-state index is 12.6. The first-order valence-electron chi connectivity index (χ1n) is 9.97. The van der Waals surface area contributed by atoms with Crippen LogP contribution in [0.5, 0.6) is 5.75 Å². The summed E-state index contributed by atoms with van der Waals surface area (Å²) < 4.78 is 0. The lowest BCUT2D eigenvalue weighted by atomic mass is 9.98. The van der Waals surface area contributed by atoms with Crippen molar-refractivity contribution in [3.8, 4) is 5.75 Å². The van der Waals surface area contributed by atoms with Gasteiger partial charge in [0.2, 0.25) is 5.91 Å². The number of nitrogens with zero attached hydrogens (tertiary/aromatic N) is 2. The Balaban J connectivity index is 1.61. The van der Waals surface area contributed by atoms with Crippen molar-refractivity contribution in [3.05, 3.63) is 60.2 Å². The van der Waals surface area contributed by atoms with Crippen LogP contribution in [0.1, 0.15) is 38.7 Å². The Morgan fingerprint density at radius 1 is 1.11 bits per heavy atom. The zero-order chi connectivity index (χ0) is 19.2. The topological polar surface area (TPSA) is 43.8 Å². The molecular formula is C23H30N2O2. The highest BCUT2D eigenvalue weighted by atomic mass is 16.3. The molecule has 1 saturated heterocycles. The summed E-state index contributed by atoms with van der Waals surface area (Å²) in [5.41, 5.74) is 2.26. The molecule has 1 unspecified atom stereocenters. The molecule has 0 bridgehead atoms. The van der Waals surface area contributed by atoms with Gasteiger partial charge in [-0.3, -0.25) is 4.79 Å². The van der Waals surface area contributed by atoms with Crippen molar-refractivity contribution >= 4 is 11.6 Å². The highest BCUT2D eigenvalue weighted by Gasteiger charge is 2.29. The summed E-state index contributed by atoms with van der Waals surface area (Å²) in [5, 5.41) is 9.44. The predicted molar refractivity (Wildman–Crippen MR) is 110 cm³/mol. The molecule has 1 atom stereocenters. The van der Waals surface area contributed by atoms with Gasteiger partial charge in [-0.15, -0.1) is 0 Å². The van der Waals surface area contributed by atoms with Crippen LogP contribution in [0.2, 0.25) is 0 Å². The van der Waals surface area contributed by atoms with E-state index in [1.165, 1.54) is 5.56 Å². The molecular weight excluding hydrogens is 336 g/mol. The maximum atomic E-state index is 12.6. The summed E-state index contributed by atoms with van der Waals surface area (Å²) in [6, 6.07) is 18.3. The van der Waals surface area contributed by atoms with Crippen molar-refractivity contribution in [3.63, 3.8) is 0 Å². The van der Waals surface area contributed by atoms with Crippen LogP contribution in [0.4, 0.5) is 5.69 Å². The van der Waals surface area contributed by atoms with Gasteiger partial charge in [0.1, 0.15) is 5.75 Å². The molecule has 1 aliphatic rings. The number of phenolic OH excluding ortho intramolecular Hbond substituents is 1. The SMILES string of the molecule is CCC(=O)N(c1ccccc1)C1CCN(C(C)Cc2ccc(O)cc2)CC1. The number of para-hydroxylation sites is 1. The van der Waals surface area contributed by atoms with Crippen LogP contribution in [0.3, 0.4) is 0 Å². The molecule has 1 amide bonds. The standard InChI is InChI=1S/C23H30N2O2/c1-3-23(27)25(20-7-5-4-6-8-20)21-13-15-24(16-14-21)18(2)17-19-9-11-22(26)12-10-19/h4-12,18,21,26H,3,13-17H2,1-2H3. The highest BCUT2D eigenvalue weighted by Crippen LogP contribution is 2.26. The van der Waals surface area contributed by atoms with Crippen molar-refractivity contribution < 1.29 is 9.90 Å². The lowest BCUT2D eigenvalue weighted by Crippen LogP contribution is -2.49. The number of aromatic hydroxyl groups is 1. The molecule has 2 aromatic carbocycles. The van der Waals surface area contributed by atoms with Crippen molar-refractivity contribution in [2.24, 2.45) is 0 Å². The van der Waals surface area contributed by atoms with Crippen molar-refractivity contribution in [1.82, 2.24) is 4.90 Å². The third-order valence-electron chi connectivity index (χ3n) is 5.56. The molecule has 27 heavy (non-hydrogen) atoms. The van der Waals surface area contributed by atoms with Gasteiger partial charge in [-0.05, 0) is 56.0 Å². The normalized spacial score (nSPS) is 16.8. The Labute approximate surface area is 162 Å². The van der Waals surface area contributed by atoms with Gasteiger partial charge < -0.3 is 14.9 Å². The van der Waals surface area contributed by atoms with Gasteiger partial charge in [-0.2, -0.15) is 0 Å². The molecule has 144 valence electrons. The van der Waals surface area contributed by atoms with Crippen LogP contribution < -0.4 is 4.90 Å². The first kappa shape index (κ1) is 19.4. The molecule has 0 saturated carbocycles. The second-order valence-electron chi connectivity index (χ2n) is 7.44. The first-order chi connectivity index (χ1) is 13.1. The van der Waals surface area contributed by atoms with E-state index in [-0.39, 0.29) is 11.9 Å². The van der Waals surface area contributed by atoms with E-state index in [0.29, 0.717) is 18.2 Å². The van der Waals surface area contributed by atoms with Gasteiger partial charge in [0.05, 0.1) is 0 Å². The van der Waals surface area contributed by atoms with Gasteiger partial charge >= 0.3 is 0 Å². The molecule has 1 fully saturated rings. The molecule has 1 heterocycles. The van der Waals surface area contributed by atoms with Gasteiger partial charge in [-0.1, -0.05) is 37.3 Å². The van der Waals surface area contributed by atoms with Crippen LogP contribution in [0.15, 0.2) is 54.6 Å². The number of rotatable bonds is 6. The molecule has 4 heteroatoms. The fraction of sp³-hybridized carbons (Fsp3) is 0.435. The van der Waals surface area contributed by atoms with E-state index in [1.807, 2.05) is 54.3 Å². The fourth-order valence-electron chi connectivity index (χ4n) is 4.00. The molecule has 1 aliphatic heterocycles. The maximum Gasteiger partial charge on any atom is 0.226 e. The minimum Gasteiger partial charge on any atom is -0.508 e. The number of carbonyl (C=O) groups is 1. The number of hydrogen-bond donors (Lipinski definition) is 1. The van der Waals surface area contributed by atoms with E-state index >= 15 is 0 Å². The van der Waals surface area contributed by atoms with Crippen LogP contribution in [-0.4, -0.2) is 41.1 Å². The third-order valence-corrected chi connectivity index (χ3v) is 5.56. The second-order valence-corrected chi connectivity index (χ2v) is 7.44. The summed E-state index contributed by atoms with van der Waals surface area (Å²) in [6.45, 7) is 6.21. The Kier molecular flexibility index (Phi) is 6.51. The van der Waals surface area contributed by atoms with E-state index in [2.05, 4.69) is 11.8 Å². The molecule has 2 aromatic rings. The Bertz CT molecular complexity index is 722. The van der Waals surface area contributed by atoms with Crippen molar-refractivity contribution in [2.45, 2.75) is 51.6 Å². The molecule has 4 nitrogen and oxygen atoms in total. The summed E-state index contributed by atoms with van der Waals surface area (Å²) in [7, 11) is 0. The van der Waals surface area contributed by atoms with Crippen LogP contribution in [0, 0.1) is 0 Å². The van der Waals surface area contributed by atoms with E-state index in [4.69, 9.17) is 0 Å². The number of anilines is 1. The minimum absolute atomic E-state index is 0.205. The highest BCUT2D eigenvalue weighted by molar-refractivity contribution is 5.93. The van der Waals surface area contributed by atoms with Gasteiger partial charge in [0.25, 0.3) is 0 Å². The summed E-state index contributed by atoms with van der Waals surface area (Å²) >= 11 is 0. The molecule has 0 aromatic heterocycles. The Hall–Kier alpha value is -2.33. The molecule has 0 spiro atoms. The van der Waals surface area contributed by atoms with Gasteiger partial charge in [-0.25, -0.2) is 0 Å². The number of hydrogen-bond acceptors (Lipinski definition) is 3. The molecule has 0 aliphatic carbocycles. The smallest absolute Gasteiger partial charge is 0.226 e. The lowest BCUT2D eigenvalue weighted by molar-refractivity contribution is -0.119. The van der Waals surface area contributed by atoms with E-state index in [1.54, 1.807) is 12.1 Å². The number of amides is 1. The summed E-state index contributed by atoms with van der Waals surface area (Å²) in [6.07, 6.45) is 3.51. The lowest BCUT2D eigenvalue weighted by Gasteiger charge is -2.40. The molecule has 3 rings (SSSR count). The average Bonchev–Trinajstić information content (AvgIpc) is 2.71. The number of benzene rings is 2. The second kappa shape index (κ2) is 9.05. The predicted octanol–water partition coefficient (Wildman–Crippen LogP) is 4.23. The Morgan fingerprint density at radius 3 is 2.33 bits per heavy atom. The number of carbonyl (C=O) groups excluding carboxylic acids is 1. The Morgan fingerprint density at radius 2 is 1.74 bits per heavy atom. The summed E-state index contributed by atoms with van der Waals surface area (Å²) in [4.78, 5) is 17.1. The van der Waals surface area contributed by atoms with Gasteiger partial charge in [0, 0.05) is 37.3 Å². The first-order valence-corrected chi connectivity index (χ1v) is 9.97. The van der Waals surface area contributed by atoms with E-state index in [0.717, 1.165) is 38.0 Å². The number of piperidine rings is 1. The van der Waals surface area contributed by atoms with Crippen LogP contribution in [0.25, 0.3) is 0 Å². The zero-order valence-corrected chi connectivity index (χ0v) is 16.3. The third kappa shape index (κ3) is 4.89. The van der Waals surface area contributed by atoms with Crippen LogP contribution in [-0.2, 0) is 11.2 Å².